The molecule has 0 bridgehead atoms. The van der Waals surface area contributed by atoms with Gasteiger partial charge >= 0.3 is 0 Å². The van der Waals surface area contributed by atoms with Crippen LogP contribution < -0.4 is 0 Å². The molecule has 0 aromatic rings. The highest BCUT2D eigenvalue weighted by Gasteiger charge is 1.98. The van der Waals surface area contributed by atoms with Crippen molar-refractivity contribution in [3.05, 3.63) is 12.2 Å². The molecule has 0 aliphatic heterocycles. The van der Waals surface area contributed by atoms with Gasteiger partial charge in [-0.25, -0.2) is 0 Å². The Morgan fingerprint density at radius 1 is 1.57 bits per heavy atom. The minimum Gasteiger partial charge on any atom is -0.0883 e. The molecule has 1 rings (SSSR count). The van der Waals surface area contributed by atoms with Gasteiger partial charge in [0.2, 0.25) is 0 Å². The zero-order chi connectivity index (χ0) is 5.11. The van der Waals surface area contributed by atoms with E-state index in [2.05, 4.69) is 19.1 Å². The third-order valence-corrected chi connectivity index (χ3v) is 1.49. The Labute approximate surface area is 45.2 Å². The molecule has 1 atom stereocenters. The number of hydrogen-bond donors (Lipinski definition) is 0. The minimum atomic E-state index is 0.855. The number of rotatable bonds is 0. The SMILES string of the molecule is CC1C=CCCC1. The lowest BCUT2D eigenvalue weighted by Gasteiger charge is -2.08. The first-order valence-electron chi connectivity index (χ1n) is 3.06. The molecule has 40 valence electrons. The fourth-order valence-electron chi connectivity index (χ4n) is 0.982. The summed E-state index contributed by atoms with van der Waals surface area (Å²) >= 11 is 0. The fourth-order valence-corrected chi connectivity index (χ4v) is 0.982. The van der Waals surface area contributed by atoms with E-state index in [-0.39, 0.29) is 0 Å². The molecule has 0 radical (unpaired) electrons. The highest BCUT2D eigenvalue weighted by Crippen LogP contribution is 2.14. The summed E-state index contributed by atoms with van der Waals surface area (Å²) in [5, 5.41) is 0. The maximum Gasteiger partial charge on any atom is -0.0262 e. The Balaban J connectivity index is 2.36. The van der Waals surface area contributed by atoms with E-state index in [0.29, 0.717) is 0 Å². The van der Waals surface area contributed by atoms with Gasteiger partial charge < -0.3 is 0 Å². The van der Waals surface area contributed by atoms with E-state index in [1.54, 1.807) is 0 Å². The summed E-state index contributed by atoms with van der Waals surface area (Å²) in [5.41, 5.74) is 0. The molecule has 0 nitrogen and oxygen atoms in total. The van der Waals surface area contributed by atoms with Crippen LogP contribution in [-0.4, -0.2) is 0 Å². The average molecular weight is 96.2 g/mol. The van der Waals surface area contributed by atoms with Crippen LogP contribution in [0.1, 0.15) is 26.2 Å². The summed E-state index contributed by atoms with van der Waals surface area (Å²) in [6, 6.07) is 0. The molecule has 0 aromatic carbocycles. The van der Waals surface area contributed by atoms with Crippen LogP contribution in [0, 0.1) is 5.92 Å². The maximum absolute atomic E-state index is 2.31. The molecule has 0 fully saturated rings. The third-order valence-electron chi connectivity index (χ3n) is 1.49. The lowest BCUT2D eigenvalue weighted by molar-refractivity contribution is 0.584. The Bertz CT molecular complexity index is 72.1. The standard InChI is InChI=1S/C7H12/c1-7-5-3-2-4-6-7/h3,5,7H,2,4,6H2,1H3. The highest BCUT2D eigenvalue weighted by atomic mass is 14.0. The van der Waals surface area contributed by atoms with Crippen LogP contribution in [0.3, 0.4) is 0 Å². The van der Waals surface area contributed by atoms with Crippen molar-refractivity contribution in [3.63, 3.8) is 0 Å². The van der Waals surface area contributed by atoms with Crippen molar-refractivity contribution >= 4 is 0 Å². The predicted molar refractivity (Wildman–Crippen MR) is 32.2 cm³/mol. The number of hydrogen-bond acceptors (Lipinski definition) is 0. The molecule has 1 aliphatic carbocycles. The van der Waals surface area contributed by atoms with E-state index in [0.717, 1.165) is 5.92 Å². The van der Waals surface area contributed by atoms with Gasteiger partial charge in [-0.15, -0.1) is 0 Å². The van der Waals surface area contributed by atoms with Gasteiger partial charge in [-0.3, -0.25) is 0 Å². The lowest BCUT2D eigenvalue weighted by Crippen LogP contribution is -1.92. The predicted octanol–water partition coefficient (Wildman–Crippen LogP) is 2.36. The van der Waals surface area contributed by atoms with E-state index >= 15 is 0 Å². The fraction of sp³-hybridized carbons (Fsp3) is 0.714. The smallest absolute Gasteiger partial charge is 0.0262 e. The molecule has 0 spiro atoms. The molecule has 0 heterocycles. The van der Waals surface area contributed by atoms with Crippen LogP contribution >= 0.6 is 0 Å². The van der Waals surface area contributed by atoms with Crippen LogP contribution in [0.25, 0.3) is 0 Å². The quantitative estimate of drug-likeness (QED) is 0.406. The molecule has 1 aliphatic rings. The van der Waals surface area contributed by atoms with Gasteiger partial charge in [-0.1, -0.05) is 19.1 Å². The van der Waals surface area contributed by atoms with Gasteiger partial charge in [0.15, 0.2) is 0 Å². The summed E-state index contributed by atoms with van der Waals surface area (Å²) in [4.78, 5) is 0. The van der Waals surface area contributed by atoms with Crippen LogP contribution in [-0.2, 0) is 0 Å². The van der Waals surface area contributed by atoms with Gasteiger partial charge in [0.25, 0.3) is 0 Å². The molecule has 0 saturated carbocycles. The Morgan fingerprint density at radius 2 is 2.43 bits per heavy atom. The van der Waals surface area contributed by atoms with Crippen molar-refractivity contribution in [2.75, 3.05) is 0 Å². The second kappa shape index (κ2) is 2.15. The first kappa shape index (κ1) is 4.89. The zero-order valence-electron chi connectivity index (χ0n) is 4.85. The molecule has 7 heavy (non-hydrogen) atoms. The zero-order valence-corrected chi connectivity index (χ0v) is 4.85. The lowest BCUT2D eigenvalue weighted by atomic mass is 9.98. The van der Waals surface area contributed by atoms with Crippen molar-refractivity contribution in [1.29, 1.82) is 0 Å². The van der Waals surface area contributed by atoms with E-state index in [4.69, 9.17) is 0 Å². The van der Waals surface area contributed by atoms with Gasteiger partial charge in [0.05, 0.1) is 0 Å². The Kier molecular flexibility index (Phi) is 1.50. The van der Waals surface area contributed by atoms with Crippen molar-refractivity contribution in [3.8, 4) is 0 Å². The maximum atomic E-state index is 2.31. The van der Waals surface area contributed by atoms with Gasteiger partial charge in [-0.05, 0) is 25.2 Å². The molecule has 0 saturated heterocycles. The van der Waals surface area contributed by atoms with E-state index < -0.39 is 0 Å². The second-order valence-corrected chi connectivity index (χ2v) is 2.34. The minimum absolute atomic E-state index is 0.855. The molecular weight excluding hydrogens is 84.1 g/mol. The van der Waals surface area contributed by atoms with Crippen LogP contribution in [0.15, 0.2) is 12.2 Å². The molecule has 0 N–H and O–H groups in total. The Morgan fingerprint density at radius 3 is 2.71 bits per heavy atom. The summed E-state index contributed by atoms with van der Waals surface area (Å²) in [6.07, 6.45) is 8.70. The average Bonchev–Trinajstić information content (AvgIpc) is 1.69. The molecule has 1 unspecified atom stereocenters. The molecule has 0 heteroatoms. The van der Waals surface area contributed by atoms with Gasteiger partial charge in [-0.2, -0.15) is 0 Å². The topological polar surface area (TPSA) is 0 Å². The monoisotopic (exact) mass is 96.1 g/mol. The van der Waals surface area contributed by atoms with Crippen molar-refractivity contribution in [1.82, 2.24) is 0 Å². The summed E-state index contributed by atoms with van der Waals surface area (Å²) in [6.45, 7) is 2.27. The van der Waals surface area contributed by atoms with Crippen LogP contribution in [0.2, 0.25) is 0 Å². The summed E-state index contributed by atoms with van der Waals surface area (Å²) in [7, 11) is 0. The van der Waals surface area contributed by atoms with Crippen molar-refractivity contribution in [2.45, 2.75) is 26.2 Å². The first-order valence-corrected chi connectivity index (χ1v) is 3.06. The normalized spacial score (nSPS) is 30.7. The van der Waals surface area contributed by atoms with Crippen LogP contribution in [0.4, 0.5) is 0 Å². The van der Waals surface area contributed by atoms with E-state index in [1.807, 2.05) is 0 Å². The highest BCUT2D eigenvalue weighted by molar-refractivity contribution is 4.90. The van der Waals surface area contributed by atoms with Crippen molar-refractivity contribution < 1.29 is 0 Å². The van der Waals surface area contributed by atoms with E-state index in [9.17, 15) is 0 Å². The van der Waals surface area contributed by atoms with Gasteiger partial charge in [0, 0.05) is 0 Å². The first-order chi connectivity index (χ1) is 3.39. The number of allylic oxidation sites excluding steroid dienone is 2. The summed E-state index contributed by atoms with van der Waals surface area (Å²) in [5.74, 6) is 0.855. The second-order valence-electron chi connectivity index (χ2n) is 2.34. The third kappa shape index (κ3) is 1.34. The molecule has 0 aromatic heterocycles. The Hall–Kier alpha value is -0.260. The van der Waals surface area contributed by atoms with Crippen LogP contribution in [0.5, 0.6) is 0 Å². The largest absolute Gasteiger partial charge is 0.0883 e. The summed E-state index contributed by atoms with van der Waals surface area (Å²) < 4.78 is 0. The molecular formula is C7H12. The van der Waals surface area contributed by atoms with Crippen molar-refractivity contribution in [2.24, 2.45) is 5.92 Å². The van der Waals surface area contributed by atoms with Gasteiger partial charge in [0.1, 0.15) is 0 Å². The van der Waals surface area contributed by atoms with E-state index in [1.165, 1.54) is 19.3 Å². The molecule has 0 amide bonds.